The third kappa shape index (κ3) is 5.42. The molecule has 1 aromatic heterocycles. The zero-order valence-corrected chi connectivity index (χ0v) is 16.9. The normalized spacial score (nSPS) is 14.8. The van der Waals surface area contributed by atoms with Gasteiger partial charge in [0.15, 0.2) is 0 Å². The summed E-state index contributed by atoms with van der Waals surface area (Å²) in [5, 5.41) is 7.75. The SMILES string of the molecule is Cc1nn(Cc2ccccc2)c(C)c1CNC(=O)CN(C)CC1CCCC1. The minimum atomic E-state index is 0.0881. The van der Waals surface area contributed by atoms with Crippen molar-refractivity contribution >= 4 is 5.91 Å². The molecule has 0 unspecified atom stereocenters. The molecule has 0 saturated heterocycles. The van der Waals surface area contributed by atoms with Crippen molar-refractivity contribution in [3.63, 3.8) is 0 Å². The summed E-state index contributed by atoms with van der Waals surface area (Å²) < 4.78 is 2.03. The topological polar surface area (TPSA) is 50.2 Å². The van der Waals surface area contributed by atoms with Gasteiger partial charge in [-0.25, -0.2) is 0 Å². The predicted molar refractivity (Wildman–Crippen MR) is 109 cm³/mol. The van der Waals surface area contributed by atoms with Crippen LogP contribution < -0.4 is 5.32 Å². The Morgan fingerprint density at radius 2 is 1.93 bits per heavy atom. The molecule has 0 spiro atoms. The average Bonchev–Trinajstić information content (AvgIpc) is 3.23. The molecule has 1 amide bonds. The van der Waals surface area contributed by atoms with Crippen LogP contribution in [0.5, 0.6) is 0 Å². The fourth-order valence-corrected chi connectivity index (χ4v) is 4.09. The van der Waals surface area contributed by atoms with Crippen LogP contribution in [0, 0.1) is 19.8 Å². The first-order valence-electron chi connectivity index (χ1n) is 10.0. The predicted octanol–water partition coefficient (Wildman–Crippen LogP) is 3.29. The standard InChI is InChI=1S/C22H32N4O/c1-17-21(18(2)26(24-17)15-20-9-5-4-6-10-20)13-23-22(27)16-25(3)14-19-11-7-8-12-19/h4-6,9-10,19H,7-8,11-16H2,1-3H3,(H,23,27). The van der Waals surface area contributed by atoms with Crippen molar-refractivity contribution in [1.29, 1.82) is 0 Å². The molecule has 5 nitrogen and oxygen atoms in total. The molecule has 146 valence electrons. The van der Waals surface area contributed by atoms with Crippen LogP contribution in [-0.2, 0) is 17.9 Å². The van der Waals surface area contributed by atoms with Crippen molar-refractivity contribution in [2.45, 2.75) is 52.6 Å². The van der Waals surface area contributed by atoms with E-state index < -0.39 is 0 Å². The van der Waals surface area contributed by atoms with Crippen LogP contribution in [0.25, 0.3) is 0 Å². The van der Waals surface area contributed by atoms with E-state index in [-0.39, 0.29) is 5.91 Å². The molecule has 1 saturated carbocycles. The number of aromatic nitrogens is 2. The zero-order valence-electron chi connectivity index (χ0n) is 16.9. The molecule has 1 fully saturated rings. The quantitative estimate of drug-likeness (QED) is 0.778. The number of benzene rings is 1. The number of aryl methyl sites for hydroxylation is 1. The highest BCUT2D eigenvalue weighted by Crippen LogP contribution is 2.25. The second-order valence-corrected chi connectivity index (χ2v) is 7.92. The van der Waals surface area contributed by atoms with Gasteiger partial charge in [-0.3, -0.25) is 14.4 Å². The maximum atomic E-state index is 12.3. The Bertz CT molecular complexity index is 747. The molecule has 2 aromatic rings. The first-order valence-corrected chi connectivity index (χ1v) is 10.0. The van der Waals surface area contributed by atoms with E-state index in [0.717, 1.165) is 36.0 Å². The molecular weight excluding hydrogens is 336 g/mol. The number of nitrogens with one attached hydrogen (secondary N) is 1. The minimum absolute atomic E-state index is 0.0881. The van der Waals surface area contributed by atoms with Crippen molar-refractivity contribution in [1.82, 2.24) is 20.0 Å². The van der Waals surface area contributed by atoms with Gasteiger partial charge < -0.3 is 5.32 Å². The fourth-order valence-electron chi connectivity index (χ4n) is 4.09. The van der Waals surface area contributed by atoms with Gasteiger partial charge in [-0.05, 0) is 45.2 Å². The first kappa shape index (κ1) is 19.6. The highest BCUT2D eigenvalue weighted by molar-refractivity contribution is 5.78. The summed E-state index contributed by atoms with van der Waals surface area (Å²) >= 11 is 0. The molecular formula is C22H32N4O. The third-order valence-corrected chi connectivity index (χ3v) is 5.63. The van der Waals surface area contributed by atoms with Gasteiger partial charge in [-0.1, -0.05) is 43.2 Å². The highest BCUT2D eigenvalue weighted by Gasteiger charge is 2.18. The molecule has 1 aliphatic carbocycles. The second kappa shape index (κ2) is 9.18. The van der Waals surface area contributed by atoms with Gasteiger partial charge in [-0.2, -0.15) is 5.10 Å². The maximum Gasteiger partial charge on any atom is 0.234 e. The molecule has 1 heterocycles. The van der Waals surface area contributed by atoms with Crippen LogP contribution >= 0.6 is 0 Å². The lowest BCUT2D eigenvalue weighted by Crippen LogP contribution is -2.36. The second-order valence-electron chi connectivity index (χ2n) is 7.92. The highest BCUT2D eigenvalue weighted by atomic mass is 16.2. The molecule has 1 aromatic carbocycles. The van der Waals surface area contributed by atoms with Gasteiger partial charge in [-0.15, -0.1) is 0 Å². The van der Waals surface area contributed by atoms with Crippen LogP contribution in [0.4, 0.5) is 0 Å². The largest absolute Gasteiger partial charge is 0.351 e. The molecule has 0 atom stereocenters. The monoisotopic (exact) mass is 368 g/mol. The average molecular weight is 369 g/mol. The van der Waals surface area contributed by atoms with E-state index >= 15 is 0 Å². The Hall–Kier alpha value is -2.14. The molecule has 1 aliphatic rings. The lowest BCUT2D eigenvalue weighted by molar-refractivity contribution is -0.122. The minimum Gasteiger partial charge on any atom is -0.351 e. The van der Waals surface area contributed by atoms with Gasteiger partial charge in [0.25, 0.3) is 0 Å². The van der Waals surface area contributed by atoms with Gasteiger partial charge >= 0.3 is 0 Å². The zero-order chi connectivity index (χ0) is 19.2. The van der Waals surface area contributed by atoms with Crippen LogP contribution in [0.1, 0.15) is 48.2 Å². The van der Waals surface area contributed by atoms with Crippen LogP contribution in [0.2, 0.25) is 0 Å². The lowest BCUT2D eigenvalue weighted by Gasteiger charge is -2.20. The molecule has 0 radical (unpaired) electrons. The van der Waals surface area contributed by atoms with Crippen molar-refractivity contribution in [2.75, 3.05) is 20.1 Å². The Balaban J connectivity index is 1.52. The molecule has 0 aliphatic heterocycles. The summed E-state index contributed by atoms with van der Waals surface area (Å²) in [5.41, 5.74) is 4.46. The van der Waals surface area contributed by atoms with E-state index in [2.05, 4.69) is 34.4 Å². The number of nitrogens with zero attached hydrogens (tertiary/aromatic N) is 3. The fraction of sp³-hybridized carbons (Fsp3) is 0.545. The number of amides is 1. The molecule has 3 rings (SSSR count). The van der Waals surface area contributed by atoms with Crippen molar-refractivity contribution in [2.24, 2.45) is 5.92 Å². The van der Waals surface area contributed by atoms with Crippen molar-refractivity contribution < 1.29 is 4.79 Å². The molecule has 5 heteroatoms. The van der Waals surface area contributed by atoms with E-state index in [1.807, 2.05) is 36.9 Å². The number of rotatable bonds is 8. The van der Waals surface area contributed by atoms with Crippen LogP contribution in [0.15, 0.2) is 30.3 Å². The number of hydrogen-bond donors (Lipinski definition) is 1. The van der Waals surface area contributed by atoms with Crippen LogP contribution in [-0.4, -0.2) is 40.7 Å². The summed E-state index contributed by atoms with van der Waals surface area (Å²) in [6, 6.07) is 10.3. The smallest absolute Gasteiger partial charge is 0.234 e. The lowest BCUT2D eigenvalue weighted by atomic mass is 10.1. The summed E-state index contributed by atoms with van der Waals surface area (Å²) in [4.78, 5) is 14.5. The molecule has 1 N–H and O–H groups in total. The number of hydrogen-bond acceptors (Lipinski definition) is 3. The summed E-state index contributed by atoms with van der Waals surface area (Å²) in [6.07, 6.45) is 5.31. The van der Waals surface area contributed by atoms with E-state index in [9.17, 15) is 4.79 Å². The maximum absolute atomic E-state index is 12.3. The summed E-state index contributed by atoms with van der Waals surface area (Å²) in [7, 11) is 2.05. The third-order valence-electron chi connectivity index (χ3n) is 5.63. The van der Waals surface area contributed by atoms with Gasteiger partial charge in [0.05, 0.1) is 18.8 Å². The van der Waals surface area contributed by atoms with Crippen molar-refractivity contribution in [3.8, 4) is 0 Å². The van der Waals surface area contributed by atoms with E-state index in [1.165, 1.54) is 31.2 Å². The molecule has 0 bridgehead atoms. The van der Waals surface area contributed by atoms with E-state index in [4.69, 9.17) is 0 Å². The summed E-state index contributed by atoms with van der Waals surface area (Å²) in [5.74, 6) is 0.855. The van der Waals surface area contributed by atoms with Crippen LogP contribution in [0.3, 0.4) is 0 Å². The Morgan fingerprint density at radius 3 is 2.63 bits per heavy atom. The van der Waals surface area contributed by atoms with E-state index in [1.54, 1.807) is 0 Å². The Kier molecular flexibility index (Phi) is 6.67. The molecule has 27 heavy (non-hydrogen) atoms. The van der Waals surface area contributed by atoms with Gasteiger partial charge in [0.1, 0.15) is 0 Å². The Labute approximate surface area is 162 Å². The van der Waals surface area contributed by atoms with Gasteiger partial charge in [0, 0.05) is 24.3 Å². The van der Waals surface area contributed by atoms with E-state index in [0.29, 0.717) is 13.1 Å². The number of carbonyl (C=O) groups excluding carboxylic acids is 1. The summed E-state index contributed by atoms with van der Waals surface area (Å²) in [6.45, 7) is 6.89. The first-order chi connectivity index (χ1) is 13.0. The Morgan fingerprint density at radius 1 is 1.22 bits per heavy atom. The number of likely N-dealkylation sites (N-methyl/N-ethyl adjacent to an activating group) is 1. The number of carbonyl (C=O) groups is 1. The van der Waals surface area contributed by atoms with Crippen molar-refractivity contribution in [3.05, 3.63) is 52.8 Å². The van der Waals surface area contributed by atoms with Gasteiger partial charge in [0.2, 0.25) is 5.91 Å².